The average Bonchev–Trinajstić information content (AvgIpc) is 2.68. The molecule has 2 rings (SSSR count). The van der Waals surface area contributed by atoms with Crippen molar-refractivity contribution in [1.29, 1.82) is 0 Å². The van der Waals surface area contributed by atoms with E-state index in [1.54, 1.807) is 0 Å². The van der Waals surface area contributed by atoms with Gasteiger partial charge in [0.1, 0.15) is 0 Å². The molecule has 1 unspecified atom stereocenters. The molecule has 0 aromatic carbocycles. The summed E-state index contributed by atoms with van der Waals surface area (Å²) in [7, 11) is 0. The van der Waals surface area contributed by atoms with Crippen LogP contribution in [0.25, 0.3) is 0 Å². The van der Waals surface area contributed by atoms with Crippen LogP contribution in [0.15, 0.2) is 0 Å². The van der Waals surface area contributed by atoms with Crippen molar-refractivity contribution < 1.29 is 5.11 Å². The topological polar surface area (TPSA) is 20.2 Å². The molecule has 2 fully saturated rings. The summed E-state index contributed by atoms with van der Waals surface area (Å²) in [5.74, 6) is 2.22. The molecule has 1 nitrogen and oxygen atoms in total. The first kappa shape index (κ1) is 14.4. The van der Waals surface area contributed by atoms with Crippen molar-refractivity contribution in [1.82, 2.24) is 0 Å². The molecule has 106 valence electrons. The van der Waals surface area contributed by atoms with Crippen molar-refractivity contribution in [3.63, 3.8) is 0 Å². The van der Waals surface area contributed by atoms with Crippen LogP contribution in [0.2, 0.25) is 0 Å². The van der Waals surface area contributed by atoms with E-state index in [0.29, 0.717) is 11.8 Å². The van der Waals surface area contributed by atoms with E-state index in [1.807, 2.05) is 0 Å². The van der Waals surface area contributed by atoms with E-state index in [4.69, 9.17) is 0 Å². The van der Waals surface area contributed by atoms with Gasteiger partial charge in [0.05, 0.1) is 6.10 Å². The van der Waals surface area contributed by atoms with Gasteiger partial charge in [-0.05, 0) is 43.4 Å². The summed E-state index contributed by atoms with van der Waals surface area (Å²) >= 11 is 0. The summed E-state index contributed by atoms with van der Waals surface area (Å²) in [5.41, 5.74) is 0. The van der Waals surface area contributed by atoms with E-state index in [2.05, 4.69) is 6.92 Å². The second kappa shape index (κ2) is 7.53. The summed E-state index contributed by atoms with van der Waals surface area (Å²) < 4.78 is 0. The van der Waals surface area contributed by atoms with Crippen molar-refractivity contribution >= 4 is 0 Å². The molecule has 2 saturated carbocycles. The second-order valence-electron chi connectivity index (χ2n) is 6.81. The molecule has 1 atom stereocenters. The third-order valence-corrected chi connectivity index (χ3v) is 5.45. The Balaban J connectivity index is 1.77. The lowest BCUT2D eigenvalue weighted by molar-refractivity contribution is 0.0196. The summed E-state index contributed by atoms with van der Waals surface area (Å²) in [5, 5.41) is 10.6. The summed E-state index contributed by atoms with van der Waals surface area (Å²) in [6.07, 6.45) is 16.2. The van der Waals surface area contributed by atoms with Gasteiger partial charge < -0.3 is 5.11 Å². The van der Waals surface area contributed by atoms with Crippen LogP contribution >= 0.6 is 0 Å². The average molecular weight is 252 g/mol. The Hall–Kier alpha value is -0.0400. The minimum Gasteiger partial charge on any atom is -0.393 e. The number of rotatable bonds is 4. The van der Waals surface area contributed by atoms with Crippen molar-refractivity contribution in [2.75, 3.05) is 0 Å². The van der Waals surface area contributed by atoms with Crippen LogP contribution in [0.4, 0.5) is 0 Å². The zero-order chi connectivity index (χ0) is 12.8. The highest BCUT2D eigenvalue weighted by atomic mass is 16.3. The van der Waals surface area contributed by atoms with Crippen LogP contribution < -0.4 is 0 Å². The van der Waals surface area contributed by atoms with Gasteiger partial charge in [-0.15, -0.1) is 0 Å². The molecule has 0 heterocycles. The van der Waals surface area contributed by atoms with Crippen molar-refractivity contribution in [3.05, 3.63) is 0 Å². The standard InChI is InChI=1S/C17H32O/c1-2-7-14-10-12-16(13-11-14)17(18)15-8-5-3-4-6-9-15/h14-18H,2-13H2,1H3. The minimum atomic E-state index is 0.0191. The maximum absolute atomic E-state index is 10.6. The SMILES string of the molecule is CCCC1CCC(C(O)C2CCCCCC2)CC1. The van der Waals surface area contributed by atoms with Crippen LogP contribution in [-0.4, -0.2) is 11.2 Å². The Morgan fingerprint density at radius 1 is 0.833 bits per heavy atom. The van der Waals surface area contributed by atoms with E-state index in [0.717, 1.165) is 5.92 Å². The number of aliphatic hydroxyl groups excluding tert-OH is 1. The lowest BCUT2D eigenvalue weighted by Crippen LogP contribution is -2.32. The fraction of sp³-hybridized carbons (Fsp3) is 1.00. The Morgan fingerprint density at radius 3 is 1.94 bits per heavy atom. The Labute approximate surface area is 113 Å². The zero-order valence-electron chi connectivity index (χ0n) is 12.2. The van der Waals surface area contributed by atoms with Gasteiger partial charge in [0.25, 0.3) is 0 Å². The van der Waals surface area contributed by atoms with E-state index < -0.39 is 0 Å². The molecule has 0 radical (unpaired) electrons. The second-order valence-corrected chi connectivity index (χ2v) is 6.81. The van der Waals surface area contributed by atoms with E-state index in [1.165, 1.54) is 77.0 Å². The van der Waals surface area contributed by atoms with Crippen LogP contribution in [-0.2, 0) is 0 Å². The molecular weight excluding hydrogens is 220 g/mol. The van der Waals surface area contributed by atoms with Crippen molar-refractivity contribution in [2.45, 2.75) is 90.1 Å². The Bertz CT molecular complexity index is 210. The zero-order valence-corrected chi connectivity index (χ0v) is 12.2. The number of hydrogen-bond acceptors (Lipinski definition) is 1. The monoisotopic (exact) mass is 252 g/mol. The number of aliphatic hydroxyl groups is 1. The van der Waals surface area contributed by atoms with Gasteiger partial charge in [-0.3, -0.25) is 0 Å². The van der Waals surface area contributed by atoms with Gasteiger partial charge in [0.2, 0.25) is 0 Å². The first-order valence-corrected chi connectivity index (χ1v) is 8.49. The molecule has 18 heavy (non-hydrogen) atoms. The normalized spacial score (nSPS) is 33.0. The van der Waals surface area contributed by atoms with Gasteiger partial charge in [-0.25, -0.2) is 0 Å². The Kier molecular flexibility index (Phi) is 6.01. The highest BCUT2D eigenvalue weighted by molar-refractivity contribution is 4.82. The third kappa shape index (κ3) is 3.98. The van der Waals surface area contributed by atoms with Crippen molar-refractivity contribution in [3.8, 4) is 0 Å². The van der Waals surface area contributed by atoms with E-state index in [9.17, 15) is 5.11 Å². The van der Waals surface area contributed by atoms with Crippen LogP contribution in [0.5, 0.6) is 0 Å². The minimum absolute atomic E-state index is 0.0191. The molecule has 1 N–H and O–H groups in total. The van der Waals surface area contributed by atoms with Crippen LogP contribution in [0.3, 0.4) is 0 Å². The first-order valence-electron chi connectivity index (χ1n) is 8.49. The summed E-state index contributed by atoms with van der Waals surface area (Å²) in [6, 6.07) is 0. The third-order valence-electron chi connectivity index (χ3n) is 5.45. The van der Waals surface area contributed by atoms with E-state index >= 15 is 0 Å². The predicted molar refractivity (Wildman–Crippen MR) is 77.6 cm³/mol. The largest absolute Gasteiger partial charge is 0.393 e. The molecule has 0 aliphatic heterocycles. The van der Waals surface area contributed by atoms with E-state index in [-0.39, 0.29) is 6.10 Å². The summed E-state index contributed by atoms with van der Waals surface area (Å²) in [4.78, 5) is 0. The lowest BCUT2D eigenvalue weighted by Gasteiger charge is -2.35. The van der Waals surface area contributed by atoms with Crippen LogP contribution in [0, 0.1) is 17.8 Å². The smallest absolute Gasteiger partial charge is 0.0596 e. The fourth-order valence-corrected chi connectivity index (χ4v) is 4.26. The highest BCUT2D eigenvalue weighted by Crippen LogP contribution is 2.37. The van der Waals surface area contributed by atoms with Gasteiger partial charge in [-0.1, -0.05) is 58.3 Å². The van der Waals surface area contributed by atoms with Crippen LogP contribution in [0.1, 0.15) is 84.0 Å². The predicted octanol–water partition coefficient (Wildman–Crippen LogP) is 4.92. The summed E-state index contributed by atoms with van der Waals surface area (Å²) in [6.45, 7) is 2.30. The highest BCUT2D eigenvalue weighted by Gasteiger charge is 2.31. The Morgan fingerprint density at radius 2 is 1.39 bits per heavy atom. The molecule has 0 saturated heterocycles. The molecule has 0 aromatic heterocycles. The maximum Gasteiger partial charge on any atom is 0.0596 e. The molecule has 1 heteroatoms. The molecular formula is C17H32O. The van der Waals surface area contributed by atoms with Gasteiger partial charge in [0.15, 0.2) is 0 Å². The number of hydrogen-bond donors (Lipinski definition) is 1. The lowest BCUT2D eigenvalue weighted by atomic mass is 9.74. The fourth-order valence-electron chi connectivity index (χ4n) is 4.26. The van der Waals surface area contributed by atoms with Gasteiger partial charge >= 0.3 is 0 Å². The molecule has 2 aliphatic rings. The molecule has 0 aromatic rings. The first-order chi connectivity index (χ1) is 8.81. The molecule has 0 amide bonds. The quantitative estimate of drug-likeness (QED) is 0.704. The van der Waals surface area contributed by atoms with Gasteiger partial charge in [0, 0.05) is 0 Å². The van der Waals surface area contributed by atoms with Gasteiger partial charge in [-0.2, -0.15) is 0 Å². The van der Waals surface area contributed by atoms with Crippen molar-refractivity contribution in [2.24, 2.45) is 17.8 Å². The molecule has 0 spiro atoms. The molecule has 0 bridgehead atoms. The maximum atomic E-state index is 10.6. The molecule has 2 aliphatic carbocycles.